The first-order valence-electron chi connectivity index (χ1n) is 8.66. The molecule has 0 saturated heterocycles. The fourth-order valence-corrected chi connectivity index (χ4v) is 2.93. The number of carbonyl (C=O) groups is 3. The van der Waals surface area contributed by atoms with Crippen LogP contribution >= 0.6 is 0 Å². The summed E-state index contributed by atoms with van der Waals surface area (Å²) in [6, 6.07) is 6.63. The highest BCUT2D eigenvalue weighted by atomic mass is 16.4. The van der Waals surface area contributed by atoms with Crippen LogP contribution in [-0.2, 0) is 9.59 Å². The molecule has 1 aliphatic carbocycles. The van der Waals surface area contributed by atoms with Crippen molar-refractivity contribution < 1.29 is 19.5 Å². The largest absolute Gasteiger partial charge is 0.480 e. The predicted molar refractivity (Wildman–Crippen MR) is 95.5 cm³/mol. The van der Waals surface area contributed by atoms with E-state index in [4.69, 9.17) is 0 Å². The molecule has 0 radical (unpaired) electrons. The first-order valence-corrected chi connectivity index (χ1v) is 8.66. The maximum atomic E-state index is 12.6. The number of hydrogen-bond acceptors (Lipinski definition) is 3. The van der Waals surface area contributed by atoms with E-state index in [1.165, 1.54) is 32.2 Å². The minimum Gasteiger partial charge on any atom is -0.480 e. The topological polar surface area (TPSA) is 86.7 Å². The van der Waals surface area contributed by atoms with Gasteiger partial charge < -0.3 is 15.3 Å². The fourth-order valence-electron chi connectivity index (χ4n) is 2.93. The van der Waals surface area contributed by atoms with Gasteiger partial charge in [-0.15, -0.1) is 0 Å². The average Bonchev–Trinajstić information content (AvgIpc) is 2.61. The van der Waals surface area contributed by atoms with Crippen molar-refractivity contribution in [2.45, 2.75) is 51.5 Å². The Balaban J connectivity index is 2.11. The molecule has 1 aliphatic rings. The molecule has 0 bridgehead atoms. The molecular weight excluding hydrogens is 320 g/mol. The molecule has 0 atom stereocenters. The standard InChI is InChI=1S/C19H26N2O4/c1-19(2,18(24)25)21(3)17(23)14-10-7-11-15(12-14)20-16(22)13-8-5-4-6-9-13/h7,10-13H,4-6,8-9H2,1-3H3,(H,20,22)(H,24,25). The summed E-state index contributed by atoms with van der Waals surface area (Å²) < 4.78 is 0. The van der Waals surface area contributed by atoms with Crippen molar-refractivity contribution in [3.05, 3.63) is 29.8 Å². The predicted octanol–water partition coefficient (Wildman–Crippen LogP) is 3.14. The van der Waals surface area contributed by atoms with Crippen LogP contribution in [0.4, 0.5) is 5.69 Å². The zero-order valence-corrected chi connectivity index (χ0v) is 15.0. The Morgan fingerprint density at radius 3 is 2.40 bits per heavy atom. The molecule has 6 nitrogen and oxygen atoms in total. The Morgan fingerprint density at radius 2 is 1.80 bits per heavy atom. The van der Waals surface area contributed by atoms with Gasteiger partial charge in [0.05, 0.1) is 0 Å². The number of anilines is 1. The third-order valence-electron chi connectivity index (χ3n) is 5.02. The van der Waals surface area contributed by atoms with Crippen LogP contribution in [0.25, 0.3) is 0 Å². The molecule has 6 heteroatoms. The van der Waals surface area contributed by atoms with Crippen LogP contribution in [0.2, 0.25) is 0 Å². The van der Waals surface area contributed by atoms with Crippen LogP contribution in [0, 0.1) is 5.92 Å². The van der Waals surface area contributed by atoms with E-state index in [0.717, 1.165) is 25.7 Å². The van der Waals surface area contributed by atoms with Crippen molar-refractivity contribution in [3.63, 3.8) is 0 Å². The zero-order valence-electron chi connectivity index (χ0n) is 15.0. The van der Waals surface area contributed by atoms with Gasteiger partial charge >= 0.3 is 5.97 Å². The quantitative estimate of drug-likeness (QED) is 0.857. The molecule has 25 heavy (non-hydrogen) atoms. The molecule has 1 fully saturated rings. The number of carbonyl (C=O) groups excluding carboxylic acids is 2. The SMILES string of the molecule is CN(C(=O)c1cccc(NC(=O)C2CCCCC2)c1)C(C)(C)C(=O)O. The summed E-state index contributed by atoms with van der Waals surface area (Å²) in [4.78, 5) is 37.5. The summed E-state index contributed by atoms with van der Waals surface area (Å²) in [7, 11) is 1.46. The number of rotatable bonds is 5. The second kappa shape index (κ2) is 7.68. The van der Waals surface area contributed by atoms with Crippen molar-refractivity contribution in [1.82, 2.24) is 4.90 Å². The van der Waals surface area contributed by atoms with E-state index < -0.39 is 17.4 Å². The van der Waals surface area contributed by atoms with Gasteiger partial charge in [-0.25, -0.2) is 4.79 Å². The van der Waals surface area contributed by atoms with Crippen molar-refractivity contribution in [3.8, 4) is 0 Å². The number of nitrogens with zero attached hydrogens (tertiary/aromatic N) is 1. The van der Waals surface area contributed by atoms with Gasteiger partial charge in [0.1, 0.15) is 5.54 Å². The lowest BCUT2D eigenvalue weighted by Crippen LogP contribution is -2.50. The van der Waals surface area contributed by atoms with Crippen molar-refractivity contribution in [2.75, 3.05) is 12.4 Å². The highest BCUT2D eigenvalue weighted by Gasteiger charge is 2.35. The molecule has 0 aromatic heterocycles. The molecule has 136 valence electrons. The van der Waals surface area contributed by atoms with Crippen LogP contribution in [0.1, 0.15) is 56.3 Å². The van der Waals surface area contributed by atoms with E-state index in [1.54, 1.807) is 24.3 Å². The molecule has 2 rings (SSSR count). The molecule has 2 amide bonds. The van der Waals surface area contributed by atoms with Gasteiger partial charge in [0.15, 0.2) is 0 Å². The van der Waals surface area contributed by atoms with Crippen LogP contribution in [0.5, 0.6) is 0 Å². The van der Waals surface area contributed by atoms with E-state index in [2.05, 4.69) is 5.32 Å². The third-order valence-corrected chi connectivity index (χ3v) is 5.02. The van der Waals surface area contributed by atoms with Crippen LogP contribution in [-0.4, -0.2) is 40.4 Å². The second-order valence-electron chi connectivity index (χ2n) is 7.13. The smallest absolute Gasteiger partial charge is 0.329 e. The molecule has 1 saturated carbocycles. The van der Waals surface area contributed by atoms with E-state index >= 15 is 0 Å². The van der Waals surface area contributed by atoms with Gasteiger partial charge in [0.25, 0.3) is 5.91 Å². The van der Waals surface area contributed by atoms with E-state index in [-0.39, 0.29) is 11.8 Å². The Bertz CT molecular complexity index is 663. The molecule has 0 aliphatic heterocycles. The highest BCUT2D eigenvalue weighted by molar-refractivity contribution is 5.99. The van der Waals surface area contributed by atoms with E-state index in [0.29, 0.717) is 11.3 Å². The molecule has 0 heterocycles. The Labute approximate surface area is 148 Å². The third kappa shape index (κ3) is 4.38. The summed E-state index contributed by atoms with van der Waals surface area (Å²) in [5.41, 5.74) is -0.417. The molecule has 2 N–H and O–H groups in total. The molecule has 0 spiro atoms. The summed E-state index contributed by atoms with van der Waals surface area (Å²) in [6.07, 6.45) is 5.14. The number of nitrogens with one attached hydrogen (secondary N) is 1. The maximum absolute atomic E-state index is 12.6. The second-order valence-corrected chi connectivity index (χ2v) is 7.13. The van der Waals surface area contributed by atoms with Gasteiger partial charge in [-0.3, -0.25) is 9.59 Å². The van der Waals surface area contributed by atoms with Crippen molar-refractivity contribution in [2.24, 2.45) is 5.92 Å². The molecular formula is C19H26N2O4. The van der Waals surface area contributed by atoms with Gasteiger partial charge in [0, 0.05) is 24.2 Å². The molecule has 1 aromatic carbocycles. The average molecular weight is 346 g/mol. The normalized spacial score (nSPS) is 15.5. The number of hydrogen-bond donors (Lipinski definition) is 2. The fraction of sp³-hybridized carbons (Fsp3) is 0.526. The van der Waals surface area contributed by atoms with Crippen molar-refractivity contribution >= 4 is 23.5 Å². The minimum atomic E-state index is -1.32. The summed E-state index contributed by atoms with van der Waals surface area (Å²) in [5.74, 6) is -1.46. The highest BCUT2D eigenvalue weighted by Crippen LogP contribution is 2.25. The van der Waals surface area contributed by atoms with E-state index in [1.807, 2.05) is 0 Å². The van der Waals surface area contributed by atoms with Crippen LogP contribution in [0.3, 0.4) is 0 Å². The molecule has 1 aromatic rings. The number of amides is 2. The lowest BCUT2D eigenvalue weighted by atomic mass is 9.88. The first-order chi connectivity index (χ1) is 11.7. The first kappa shape index (κ1) is 19.0. The Hall–Kier alpha value is -2.37. The van der Waals surface area contributed by atoms with Crippen LogP contribution < -0.4 is 5.32 Å². The number of likely N-dealkylation sites (N-methyl/N-ethyl adjacent to an activating group) is 1. The summed E-state index contributed by atoms with van der Waals surface area (Å²) in [5, 5.41) is 12.2. The van der Waals surface area contributed by atoms with Gasteiger partial charge in [-0.05, 0) is 44.9 Å². The monoisotopic (exact) mass is 346 g/mol. The van der Waals surface area contributed by atoms with E-state index in [9.17, 15) is 19.5 Å². The van der Waals surface area contributed by atoms with Gasteiger partial charge in [-0.2, -0.15) is 0 Å². The van der Waals surface area contributed by atoms with Crippen LogP contribution in [0.15, 0.2) is 24.3 Å². The number of carboxylic acids is 1. The molecule has 0 unspecified atom stereocenters. The summed E-state index contributed by atoms with van der Waals surface area (Å²) >= 11 is 0. The summed E-state index contributed by atoms with van der Waals surface area (Å²) in [6.45, 7) is 2.95. The number of aliphatic carboxylic acids is 1. The zero-order chi connectivity index (χ0) is 18.6. The Kier molecular flexibility index (Phi) is 5.82. The minimum absolute atomic E-state index is 0.0106. The van der Waals surface area contributed by atoms with Crippen molar-refractivity contribution in [1.29, 1.82) is 0 Å². The lowest BCUT2D eigenvalue weighted by molar-refractivity contribution is -0.147. The number of carboxylic acid groups (broad SMARTS) is 1. The maximum Gasteiger partial charge on any atom is 0.329 e. The van der Waals surface area contributed by atoms with Gasteiger partial charge in [-0.1, -0.05) is 25.3 Å². The number of benzene rings is 1. The Morgan fingerprint density at radius 1 is 1.16 bits per heavy atom. The lowest BCUT2D eigenvalue weighted by Gasteiger charge is -2.31. The van der Waals surface area contributed by atoms with Gasteiger partial charge in [0.2, 0.25) is 5.91 Å².